The number of unbranched alkanes of at least 4 members (excludes halogenated alkanes) is 6. The molecule has 0 aromatic carbocycles. The van der Waals surface area contributed by atoms with E-state index in [0.29, 0.717) is 0 Å². The Labute approximate surface area is 195 Å². The van der Waals surface area contributed by atoms with Crippen LogP contribution in [0, 0.1) is 0 Å². The predicted molar refractivity (Wildman–Crippen MR) is 137 cm³/mol. The van der Waals surface area contributed by atoms with E-state index >= 15 is 0 Å². The van der Waals surface area contributed by atoms with Gasteiger partial charge in [-0.25, -0.2) is 4.57 Å². The Morgan fingerprint density at radius 3 is 0.677 bits per heavy atom. The third-order valence-electron chi connectivity index (χ3n) is 4.97. The molecular weight excluding hydrogens is 411 g/mol. The fourth-order valence-corrected chi connectivity index (χ4v) is 2.96. The summed E-state index contributed by atoms with van der Waals surface area (Å²) in [5.41, 5.74) is 0. The van der Waals surface area contributed by atoms with Crippen LogP contribution in [-0.2, 0) is 4.57 Å². The molecule has 0 spiro atoms. The highest BCUT2D eigenvalue weighted by atomic mass is 31.2. The van der Waals surface area contributed by atoms with E-state index in [2.05, 4.69) is 51.3 Å². The van der Waals surface area contributed by atoms with Gasteiger partial charge in [-0.3, -0.25) is 0 Å². The van der Waals surface area contributed by atoms with E-state index in [1.807, 2.05) is 0 Å². The molecule has 0 aromatic rings. The summed E-state index contributed by atoms with van der Waals surface area (Å²) in [5.74, 6) is 0. The van der Waals surface area contributed by atoms with Crippen molar-refractivity contribution in [1.82, 2.24) is 9.80 Å². The van der Waals surface area contributed by atoms with Crippen molar-refractivity contribution in [2.24, 2.45) is 0 Å². The third-order valence-corrected chi connectivity index (χ3v) is 4.97. The Morgan fingerprint density at radius 1 is 0.452 bits per heavy atom. The molecule has 6 nitrogen and oxygen atoms in total. The minimum Gasteiger partial charge on any atom is -0.303 e. The first kappa shape index (κ1) is 35.6. The van der Waals surface area contributed by atoms with Crippen LogP contribution in [0.15, 0.2) is 0 Å². The van der Waals surface area contributed by atoms with E-state index in [0.717, 1.165) is 0 Å². The van der Waals surface area contributed by atoms with Gasteiger partial charge in [-0.15, -0.1) is 0 Å². The van der Waals surface area contributed by atoms with E-state index in [4.69, 9.17) is 19.2 Å². The Morgan fingerprint density at radius 2 is 0.581 bits per heavy atom. The molecule has 0 atom stereocenters. The zero-order valence-electron chi connectivity index (χ0n) is 21.8. The van der Waals surface area contributed by atoms with Crippen LogP contribution in [0.4, 0.5) is 0 Å². The maximum atomic E-state index is 8.88. The first-order chi connectivity index (χ1) is 14.7. The molecule has 0 amide bonds. The van der Waals surface area contributed by atoms with Crippen molar-refractivity contribution in [2.45, 2.75) is 119 Å². The molecule has 0 saturated heterocycles. The van der Waals surface area contributed by atoms with Crippen molar-refractivity contribution in [3.05, 3.63) is 0 Å². The Bertz CT molecular complexity index is 297. The maximum Gasteiger partial charge on any atom is 0.466 e. The van der Waals surface area contributed by atoms with Gasteiger partial charge in [0, 0.05) is 0 Å². The topological polar surface area (TPSA) is 84.2 Å². The Balaban J connectivity index is -0.000000416. The van der Waals surface area contributed by atoms with Crippen LogP contribution in [0.2, 0.25) is 0 Å². The van der Waals surface area contributed by atoms with Gasteiger partial charge in [0.1, 0.15) is 0 Å². The summed E-state index contributed by atoms with van der Waals surface area (Å²) in [6.07, 6.45) is 16.2. The average molecular weight is 469 g/mol. The van der Waals surface area contributed by atoms with E-state index in [-0.39, 0.29) is 0 Å². The number of phosphoric acid groups is 1. The molecule has 3 N–H and O–H groups in total. The molecule has 0 aliphatic rings. The summed E-state index contributed by atoms with van der Waals surface area (Å²) in [4.78, 5) is 26.8. The number of rotatable bonds is 18. The van der Waals surface area contributed by atoms with Crippen molar-refractivity contribution >= 4 is 7.82 Å². The molecule has 0 unspecified atom stereocenters. The van der Waals surface area contributed by atoms with E-state index in [9.17, 15) is 0 Å². The maximum absolute atomic E-state index is 8.88. The van der Waals surface area contributed by atoms with Crippen molar-refractivity contribution in [1.29, 1.82) is 0 Å². The largest absolute Gasteiger partial charge is 0.466 e. The molecule has 0 bridgehead atoms. The highest BCUT2D eigenvalue weighted by molar-refractivity contribution is 7.45. The summed E-state index contributed by atoms with van der Waals surface area (Å²) < 4.78 is 8.88. The van der Waals surface area contributed by atoms with E-state index in [1.54, 1.807) is 0 Å². The monoisotopic (exact) mass is 468 g/mol. The Hall–Kier alpha value is 0.0300. The van der Waals surface area contributed by atoms with Gasteiger partial charge in [-0.05, 0) is 77.8 Å². The summed E-state index contributed by atoms with van der Waals surface area (Å²) in [7, 11) is -4.64. The number of hydrogen-bond donors (Lipinski definition) is 3. The second-order valence-corrected chi connectivity index (χ2v) is 9.34. The quantitative estimate of drug-likeness (QED) is 0.201. The van der Waals surface area contributed by atoms with Crippen LogP contribution in [0.25, 0.3) is 0 Å². The van der Waals surface area contributed by atoms with Gasteiger partial charge in [-0.1, -0.05) is 80.1 Å². The molecule has 0 aromatic heterocycles. The van der Waals surface area contributed by atoms with Gasteiger partial charge in [0.05, 0.1) is 0 Å². The highest BCUT2D eigenvalue weighted by Gasteiger charge is 2.03. The molecule has 0 radical (unpaired) electrons. The van der Waals surface area contributed by atoms with Crippen LogP contribution in [0.1, 0.15) is 119 Å². The zero-order chi connectivity index (χ0) is 24.4. The van der Waals surface area contributed by atoms with Gasteiger partial charge in [-0.2, -0.15) is 0 Å². The first-order valence-electron chi connectivity index (χ1n) is 12.9. The molecule has 31 heavy (non-hydrogen) atoms. The molecule has 7 heteroatoms. The van der Waals surface area contributed by atoms with Gasteiger partial charge in [0.2, 0.25) is 0 Å². The average Bonchev–Trinajstić information content (AvgIpc) is 2.72. The number of hydrogen-bond acceptors (Lipinski definition) is 3. The fraction of sp³-hybridized carbons (Fsp3) is 1.00. The zero-order valence-corrected chi connectivity index (χ0v) is 22.7. The van der Waals surface area contributed by atoms with Gasteiger partial charge < -0.3 is 24.5 Å². The third kappa shape index (κ3) is 40.9. The second kappa shape index (κ2) is 28.1. The molecule has 0 heterocycles. The summed E-state index contributed by atoms with van der Waals surface area (Å²) in [6, 6.07) is 0. The van der Waals surface area contributed by atoms with Crippen LogP contribution in [0.3, 0.4) is 0 Å². The molecule has 0 fully saturated rings. The van der Waals surface area contributed by atoms with Gasteiger partial charge >= 0.3 is 7.82 Å². The molecule has 0 aliphatic carbocycles. The van der Waals surface area contributed by atoms with Crippen molar-refractivity contribution in [3.8, 4) is 0 Å². The van der Waals surface area contributed by atoms with Crippen molar-refractivity contribution in [2.75, 3.05) is 39.3 Å². The Kier molecular flexibility index (Phi) is 32.2. The smallest absolute Gasteiger partial charge is 0.303 e. The minimum atomic E-state index is -4.64. The van der Waals surface area contributed by atoms with Gasteiger partial charge in [0.25, 0.3) is 0 Å². The van der Waals surface area contributed by atoms with Crippen LogP contribution < -0.4 is 0 Å². The van der Waals surface area contributed by atoms with Gasteiger partial charge in [0.15, 0.2) is 0 Å². The van der Waals surface area contributed by atoms with Crippen molar-refractivity contribution in [3.63, 3.8) is 0 Å². The minimum absolute atomic E-state index is 1.32. The number of nitrogens with zero attached hydrogens (tertiary/aromatic N) is 2. The predicted octanol–water partition coefficient (Wildman–Crippen LogP) is 6.45. The summed E-state index contributed by atoms with van der Waals surface area (Å²) in [5, 5.41) is 0. The summed E-state index contributed by atoms with van der Waals surface area (Å²) in [6.45, 7) is 21.5. The second-order valence-electron chi connectivity index (χ2n) is 8.32. The lowest BCUT2D eigenvalue weighted by molar-refractivity contribution is 0.261. The standard InChI is InChI=1S/2C12H27N.H3O4P/c2*1-4-7-10-13(11-8-5-2)12-9-6-3;1-5(2,3)4/h2*4-12H2,1-3H3;(H3,1,2,3,4). The molecule has 0 saturated carbocycles. The van der Waals surface area contributed by atoms with Crippen LogP contribution in [0.5, 0.6) is 0 Å². The fourth-order valence-electron chi connectivity index (χ4n) is 2.96. The van der Waals surface area contributed by atoms with E-state index < -0.39 is 7.82 Å². The lowest BCUT2D eigenvalue weighted by atomic mass is 10.2. The molecule has 0 rings (SSSR count). The highest BCUT2D eigenvalue weighted by Crippen LogP contribution is 2.25. The lowest BCUT2D eigenvalue weighted by Crippen LogP contribution is -2.27. The summed E-state index contributed by atoms with van der Waals surface area (Å²) >= 11 is 0. The normalized spacial score (nSPS) is 11.2. The SMILES string of the molecule is CCCCN(CCCC)CCCC.CCCCN(CCCC)CCCC.O=P(O)(O)O. The lowest BCUT2D eigenvalue weighted by Gasteiger charge is -2.21. The molecule has 192 valence electrons. The molecular formula is C24H57N2O4P. The van der Waals surface area contributed by atoms with Crippen molar-refractivity contribution < 1.29 is 19.2 Å². The molecule has 0 aliphatic heterocycles. The van der Waals surface area contributed by atoms with Crippen LogP contribution in [-0.4, -0.2) is 63.7 Å². The first-order valence-corrected chi connectivity index (χ1v) is 14.5. The van der Waals surface area contributed by atoms with Crippen LogP contribution >= 0.6 is 7.82 Å². The van der Waals surface area contributed by atoms with E-state index in [1.165, 1.54) is 116 Å².